The van der Waals surface area contributed by atoms with Crippen molar-refractivity contribution in [3.05, 3.63) is 64.7 Å². The summed E-state index contributed by atoms with van der Waals surface area (Å²) in [6, 6.07) is 14.0. The Morgan fingerprint density at radius 1 is 1.11 bits per heavy atom. The molecule has 0 saturated heterocycles. The van der Waals surface area contributed by atoms with Gasteiger partial charge in [-0.2, -0.15) is 0 Å². The van der Waals surface area contributed by atoms with Crippen LogP contribution in [0.4, 0.5) is 5.69 Å². The molecule has 0 fully saturated rings. The molecular formula is C22H23N3O2. The third-order valence-electron chi connectivity index (χ3n) is 4.91. The molecule has 0 aliphatic carbocycles. The molecule has 5 heteroatoms. The van der Waals surface area contributed by atoms with Crippen molar-refractivity contribution >= 4 is 23.5 Å². The number of hydrogen-bond acceptors (Lipinski definition) is 4. The van der Waals surface area contributed by atoms with Crippen LogP contribution in [0.3, 0.4) is 0 Å². The highest BCUT2D eigenvalue weighted by atomic mass is 16.5. The number of carbonyl (C=O) groups excluding carboxylic acids is 1. The average Bonchev–Trinajstić information content (AvgIpc) is 2.66. The summed E-state index contributed by atoms with van der Waals surface area (Å²) >= 11 is 0. The zero-order valence-corrected chi connectivity index (χ0v) is 16.0. The van der Waals surface area contributed by atoms with E-state index in [1.807, 2.05) is 55.4 Å². The first-order valence-corrected chi connectivity index (χ1v) is 9.11. The number of benzene rings is 2. The fraction of sp³-hybridized carbons (Fsp3) is 0.273. The second-order valence-corrected chi connectivity index (χ2v) is 7.39. The summed E-state index contributed by atoms with van der Waals surface area (Å²) in [5, 5.41) is 2.90. The van der Waals surface area contributed by atoms with Gasteiger partial charge in [-0.05, 0) is 54.0 Å². The molecule has 0 aromatic heterocycles. The van der Waals surface area contributed by atoms with Gasteiger partial charge in [0.05, 0.1) is 5.57 Å². The molecular weight excluding hydrogens is 338 g/mol. The number of nitrogens with zero attached hydrogens (tertiary/aromatic N) is 2. The molecule has 2 aromatic rings. The van der Waals surface area contributed by atoms with Crippen LogP contribution in [-0.4, -0.2) is 32.1 Å². The van der Waals surface area contributed by atoms with Crippen LogP contribution in [0.15, 0.2) is 53.0 Å². The van der Waals surface area contributed by atoms with Gasteiger partial charge in [-0.25, -0.2) is 4.99 Å². The number of hydrogen-bond donors (Lipinski definition) is 1. The maximum Gasteiger partial charge on any atom is 0.258 e. The number of carbonyl (C=O) groups is 1. The molecule has 2 aromatic carbocycles. The predicted molar refractivity (Wildman–Crippen MR) is 108 cm³/mol. The Morgan fingerprint density at radius 2 is 1.85 bits per heavy atom. The number of fused-ring (bicyclic) bond motifs is 2. The maximum absolute atomic E-state index is 12.7. The predicted octanol–water partition coefficient (Wildman–Crippen LogP) is 3.55. The van der Waals surface area contributed by atoms with Crippen molar-refractivity contribution in [2.45, 2.75) is 26.0 Å². The van der Waals surface area contributed by atoms with E-state index in [2.05, 4.69) is 36.3 Å². The van der Waals surface area contributed by atoms with Crippen molar-refractivity contribution in [2.75, 3.05) is 19.0 Å². The Labute approximate surface area is 159 Å². The Balaban J connectivity index is 1.67. The van der Waals surface area contributed by atoms with Crippen LogP contribution in [0.25, 0.3) is 6.08 Å². The summed E-state index contributed by atoms with van der Waals surface area (Å²) in [7, 11) is 3.98. The molecule has 1 amide bonds. The highest BCUT2D eigenvalue weighted by Crippen LogP contribution is 2.34. The van der Waals surface area contributed by atoms with E-state index in [1.165, 1.54) is 5.56 Å². The fourth-order valence-electron chi connectivity index (χ4n) is 3.24. The van der Waals surface area contributed by atoms with E-state index < -0.39 is 6.23 Å². The third kappa shape index (κ3) is 3.21. The van der Waals surface area contributed by atoms with E-state index in [4.69, 9.17) is 4.74 Å². The summed E-state index contributed by atoms with van der Waals surface area (Å²) in [4.78, 5) is 19.3. The first-order chi connectivity index (χ1) is 12.9. The molecule has 0 spiro atoms. The molecule has 0 bridgehead atoms. The summed E-state index contributed by atoms with van der Waals surface area (Å²) in [6.45, 7) is 4.29. The topological polar surface area (TPSA) is 53.9 Å². The van der Waals surface area contributed by atoms with Crippen molar-refractivity contribution in [2.24, 2.45) is 4.99 Å². The normalized spacial score (nSPS) is 18.0. The SMILES string of the molecule is CC(C)c1ccc2c(c1)C=C1C(=O)NC(c3ccc(N(C)C)cc3)=NC1O2. The van der Waals surface area contributed by atoms with Crippen LogP contribution in [0, 0.1) is 0 Å². The van der Waals surface area contributed by atoms with Crippen LogP contribution < -0.4 is 15.0 Å². The Morgan fingerprint density at radius 3 is 2.52 bits per heavy atom. The third-order valence-corrected chi connectivity index (χ3v) is 4.91. The van der Waals surface area contributed by atoms with Gasteiger partial charge in [-0.15, -0.1) is 0 Å². The van der Waals surface area contributed by atoms with Crippen LogP contribution in [-0.2, 0) is 4.79 Å². The number of aliphatic imine (C=N–C) groups is 1. The molecule has 27 heavy (non-hydrogen) atoms. The molecule has 1 unspecified atom stereocenters. The van der Waals surface area contributed by atoms with Gasteiger partial charge in [0.1, 0.15) is 11.6 Å². The largest absolute Gasteiger partial charge is 0.464 e. The van der Waals surface area contributed by atoms with Crippen molar-refractivity contribution in [1.29, 1.82) is 0 Å². The van der Waals surface area contributed by atoms with E-state index >= 15 is 0 Å². The molecule has 2 aliphatic heterocycles. The van der Waals surface area contributed by atoms with Gasteiger partial charge in [-0.1, -0.05) is 19.9 Å². The lowest BCUT2D eigenvalue weighted by atomic mass is 9.97. The van der Waals surface area contributed by atoms with E-state index in [0.717, 1.165) is 22.6 Å². The molecule has 0 radical (unpaired) electrons. The molecule has 1 N–H and O–H groups in total. The summed E-state index contributed by atoms with van der Waals surface area (Å²) in [6.07, 6.45) is 1.28. The van der Waals surface area contributed by atoms with Crippen molar-refractivity contribution < 1.29 is 9.53 Å². The van der Waals surface area contributed by atoms with Gasteiger partial charge in [-0.3, -0.25) is 4.79 Å². The van der Waals surface area contributed by atoms with Crippen LogP contribution in [0.2, 0.25) is 0 Å². The maximum atomic E-state index is 12.7. The lowest BCUT2D eigenvalue weighted by Crippen LogP contribution is -2.43. The van der Waals surface area contributed by atoms with E-state index in [-0.39, 0.29) is 5.91 Å². The Hall–Kier alpha value is -3.08. The number of nitrogens with one attached hydrogen (secondary N) is 1. The van der Waals surface area contributed by atoms with Crippen molar-refractivity contribution in [1.82, 2.24) is 5.32 Å². The lowest BCUT2D eigenvalue weighted by molar-refractivity contribution is -0.117. The molecule has 4 rings (SSSR count). The Bertz CT molecular complexity index is 956. The number of anilines is 1. The highest BCUT2D eigenvalue weighted by Gasteiger charge is 2.32. The molecule has 1 atom stereocenters. The van der Waals surface area contributed by atoms with Gasteiger partial charge in [0.15, 0.2) is 0 Å². The second kappa shape index (κ2) is 6.58. The summed E-state index contributed by atoms with van der Waals surface area (Å²) < 4.78 is 6.03. The zero-order chi connectivity index (χ0) is 19.1. The molecule has 0 saturated carbocycles. The lowest BCUT2D eigenvalue weighted by Gasteiger charge is -2.29. The molecule has 138 valence electrons. The first-order valence-electron chi connectivity index (χ1n) is 9.11. The first kappa shape index (κ1) is 17.3. The molecule has 5 nitrogen and oxygen atoms in total. The number of amides is 1. The highest BCUT2D eigenvalue weighted by molar-refractivity contribution is 6.16. The fourth-order valence-corrected chi connectivity index (χ4v) is 3.24. The second-order valence-electron chi connectivity index (χ2n) is 7.39. The zero-order valence-electron chi connectivity index (χ0n) is 16.0. The summed E-state index contributed by atoms with van der Waals surface area (Å²) in [5.74, 6) is 1.55. The monoisotopic (exact) mass is 361 g/mol. The number of ether oxygens (including phenoxy) is 1. The van der Waals surface area contributed by atoms with E-state index in [0.29, 0.717) is 17.3 Å². The van der Waals surface area contributed by atoms with Crippen molar-refractivity contribution in [3.63, 3.8) is 0 Å². The van der Waals surface area contributed by atoms with Crippen LogP contribution >= 0.6 is 0 Å². The standard InChI is InChI=1S/C22H23N3O2/c1-13(2)15-7-10-19-16(11-15)12-18-21(26)23-20(24-22(18)27-19)14-5-8-17(9-6-14)25(3)4/h5-13,22H,1-4H3,(H,23,24,26). The van der Waals surface area contributed by atoms with Gasteiger partial charge >= 0.3 is 0 Å². The van der Waals surface area contributed by atoms with Gasteiger partial charge in [0, 0.05) is 30.9 Å². The van der Waals surface area contributed by atoms with Crippen LogP contribution in [0.5, 0.6) is 5.75 Å². The number of rotatable bonds is 3. The quantitative estimate of drug-likeness (QED) is 0.910. The summed E-state index contributed by atoms with van der Waals surface area (Å²) in [5.41, 5.74) is 4.63. The minimum absolute atomic E-state index is 0.165. The van der Waals surface area contributed by atoms with Crippen molar-refractivity contribution in [3.8, 4) is 5.75 Å². The van der Waals surface area contributed by atoms with E-state index in [1.54, 1.807) is 0 Å². The average molecular weight is 361 g/mol. The minimum Gasteiger partial charge on any atom is -0.464 e. The Kier molecular flexibility index (Phi) is 4.22. The molecule has 2 heterocycles. The van der Waals surface area contributed by atoms with Gasteiger partial charge < -0.3 is 15.0 Å². The van der Waals surface area contributed by atoms with E-state index in [9.17, 15) is 4.79 Å². The molecule has 2 aliphatic rings. The smallest absolute Gasteiger partial charge is 0.258 e. The van der Waals surface area contributed by atoms with Crippen LogP contribution in [0.1, 0.15) is 36.5 Å². The van der Waals surface area contributed by atoms with Gasteiger partial charge in [0.25, 0.3) is 5.91 Å². The minimum atomic E-state index is -0.611. The van der Waals surface area contributed by atoms with Gasteiger partial charge in [0.2, 0.25) is 6.23 Å². The number of amidine groups is 1.